The minimum absolute atomic E-state index is 0.0351. The molecule has 0 bridgehead atoms. The molecule has 0 spiro atoms. The number of nitrogens with one attached hydrogen (secondary N) is 1. The number of hydrogen-bond donors (Lipinski definition) is 1. The van der Waals surface area contributed by atoms with Gasteiger partial charge in [0.25, 0.3) is 0 Å². The molecule has 1 fully saturated rings. The zero-order valence-electron chi connectivity index (χ0n) is 11.0. The highest BCUT2D eigenvalue weighted by Gasteiger charge is 2.36. The Labute approximate surface area is 121 Å². The van der Waals surface area contributed by atoms with Gasteiger partial charge >= 0.3 is 0 Å². The first kappa shape index (κ1) is 14.1. The maximum Gasteiger partial charge on any atom is 0.250 e. The van der Waals surface area contributed by atoms with Gasteiger partial charge in [-0.1, -0.05) is 42.3 Å². The fourth-order valence-electron chi connectivity index (χ4n) is 2.15. The maximum absolute atomic E-state index is 12.5. The lowest BCUT2D eigenvalue weighted by Crippen LogP contribution is -2.60. The Hall–Kier alpha value is -1.36. The number of hydrogen-bond acceptors (Lipinski definition) is 2. The van der Waals surface area contributed by atoms with Gasteiger partial charge in [0, 0.05) is 10.2 Å². The lowest BCUT2D eigenvalue weighted by atomic mass is 9.96. The van der Waals surface area contributed by atoms with Crippen molar-refractivity contribution in [2.45, 2.75) is 26.3 Å². The quantitative estimate of drug-likeness (QED) is 0.927. The summed E-state index contributed by atoms with van der Waals surface area (Å²) in [6, 6.07) is 7.02. The average molecular weight is 325 g/mol. The predicted molar refractivity (Wildman–Crippen MR) is 77.9 cm³/mol. The van der Waals surface area contributed by atoms with E-state index < -0.39 is 6.04 Å². The predicted octanol–water partition coefficient (Wildman–Crippen LogP) is 2.33. The fourth-order valence-corrected chi connectivity index (χ4v) is 2.54. The van der Waals surface area contributed by atoms with Gasteiger partial charge in [0.15, 0.2) is 0 Å². The van der Waals surface area contributed by atoms with E-state index in [4.69, 9.17) is 0 Å². The molecule has 0 aromatic heterocycles. The number of halogens is 1. The summed E-state index contributed by atoms with van der Waals surface area (Å²) in [6.45, 7) is 4.08. The number of piperazine rings is 1. The first-order valence-electron chi connectivity index (χ1n) is 6.39. The van der Waals surface area contributed by atoms with Crippen molar-refractivity contribution in [3.8, 4) is 0 Å². The number of anilines is 1. The van der Waals surface area contributed by atoms with Gasteiger partial charge in [-0.3, -0.25) is 9.59 Å². The molecule has 4 nitrogen and oxygen atoms in total. The zero-order valence-corrected chi connectivity index (χ0v) is 12.6. The average Bonchev–Trinajstić information content (AvgIpc) is 2.40. The van der Waals surface area contributed by atoms with E-state index in [1.54, 1.807) is 4.90 Å². The van der Waals surface area contributed by atoms with Crippen LogP contribution < -0.4 is 10.2 Å². The largest absolute Gasteiger partial charge is 0.342 e. The Morgan fingerprint density at radius 1 is 1.47 bits per heavy atom. The number of benzene rings is 1. The Morgan fingerprint density at radius 3 is 2.84 bits per heavy atom. The summed E-state index contributed by atoms with van der Waals surface area (Å²) in [5.74, 6) is -0.0108. The number of carbonyl (C=O) groups is 2. The van der Waals surface area contributed by atoms with Crippen molar-refractivity contribution in [1.82, 2.24) is 5.32 Å². The van der Waals surface area contributed by atoms with Crippen LogP contribution in [0.2, 0.25) is 0 Å². The lowest BCUT2D eigenvalue weighted by molar-refractivity contribution is -0.132. The van der Waals surface area contributed by atoms with Gasteiger partial charge in [-0.2, -0.15) is 0 Å². The minimum atomic E-state index is -0.426. The van der Waals surface area contributed by atoms with Crippen molar-refractivity contribution in [2.24, 2.45) is 5.92 Å². The molecule has 1 saturated heterocycles. The highest BCUT2D eigenvalue weighted by Crippen LogP contribution is 2.23. The molecule has 1 aromatic carbocycles. The molecule has 102 valence electrons. The maximum atomic E-state index is 12.5. The molecule has 1 heterocycles. The molecule has 1 aliphatic heterocycles. The zero-order chi connectivity index (χ0) is 14.0. The van der Waals surface area contributed by atoms with E-state index in [-0.39, 0.29) is 24.3 Å². The fraction of sp³-hybridized carbons (Fsp3) is 0.429. The second kappa shape index (κ2) is 5.74. The Balaban J connectivity index is 2.29. The Morgan fingerprint density at radius 2 is 2.21 bits per heavy atom. The molecule has 0 aliphatic carbocycles. The van der Waals surface area contributed by atoms with Gasteiger partial charge < -0.3 is 10.2 Å². The second-order valence-electron chi connectivity index (χ2n) is 4.83. The van der Waals surface area contributed by atoms with Crippen molar-refractivity contribution in [3.05, 3.63) is 28.7 Å². The molecule has 2 rings (SSSR count). The third-order valence-electron chi connectivity index (χ3n) is 3.48. The van der Waals surface area contributed by atoms with E-state index in [0.717, 1.165) is 16.6 Å². The topological polar surface area (TPSA) is 49.4 Å². The van der Waals surface area contributed by atoms with Crippen molar-refractivity contribution < 1.29 is 9.59 Å². The van der Waals surface area contributed by atoms with E-state index >= 15 is 0 Å². The van der Waals surface area contributed by atoms with Gasteiger partial charge in [0.1, 0.15) is 12.6 Å². The third kappa shape index (κ3) is 2.97. The molecule has 1 N–H and O–H groups in total. The molecule has 0 saturated carbocycles. The van der Waals surface area contributed by atoms with Crippen molar-refractivity contribution >= 4 is 33.4 Å². The molecular formula is C14H17BrN2O2. The van der Waals surface area contributed by atoms with E-state index in [1.807, 2.05) is 38.1 Å². The smallest absolute Gasteiger partial charge is 0.250 e. The van der Waals surface area contributed by atoms with Crippen LogP contribution in [0.25, 0.3) is 0 Å². The van der Waals surface area contributed by atoms with Crippen LogP contribution in [-0.4, -0.2) is 24.4 Å². The van der Waals surface area contributed by atoms with Gasteiger partial charge in [-0.25, -0.2) is 0 Å². The minimum Gasteiger partial charge on any atom is -0.342 e. The Bertz CT molecular complexity index is 504. The molecule has 2 amide bonds. The van der Waals surface area contributed by atoms with Gasteiger partial charge in [-0.15, -0.1) is 0 Å². The van der Waals surface area contributed by atoms with E-state index in [1.165, 1.54) is 0 Å². The van der Waals surface area contributed by atoms with Crippen LogP contribution in [0.3, 0.4) is 0 Å². The summed E-state index contributed by atoms with van der Waals surface area (Å²) in [5.41, 5.74) is 0.752. The summed E-state index contributed by atoms with van der Waals surface area (Å²) in [7, 11) is 0. The standard InChI is InChI=1S/C14H17BrN2O2/c1-3-9(2)13-14(19)17(8-12(18)16-13)11-6-4-5-10(15)7-11/h4-7,9,13H,3,8H2,1-2H3,(H,16,18). The normalized spacial score (nSPS) is 21.2. The molecule has 0 radical (unpaired) electrons. The highest BCUT2D eigenvalue weighted by atomic mass is 79.9. The van der Waals surface area contributed by atoms with Crippen LogP contribution in [0.1, 0.15) is 20.3 Å². The molecule has 1 aromatic rings. The van der Waals surface area contributed by atoms with E-state index in [2.05, 4.69) is 21.2 Å². The lowest BCUT2D eigenvalue weighted by Gasteiger charge is -2.35. The van der Waals surface area contributed by atoms with Gasteiger partial charge in [-0.05, 0) is 24.1 Å². The van der Waals surface area contributed by atoms with Crippen molar-refractivity contribution in [3.63, 3.8) is 0 Å². The Kier molecular flexibility index (Phi) is 4.24. The molecule has 19 heavy (non-hydrogen) atoms. The number of rotatable bonds is 3. The summed E-state index contributed by atoms with van der Waals surface area (Å²) in [6.07, 6.45) is 0.850. The summed E-state index contributed by atoms with van der Waals surface area (Å²) in [4.78, 5) is 25.8. The SMILES string of the molecule is CCC(C)C1NC(=O)CN(c2cccc(Br)c2)C1=O. The molecule has 2 atom stereocenters. The van der Waals surface area contributed by atoms with Crippen LogP contribution in [0.4, 0.5) is 5.69 Å². The molecule has 5 heteroatoms. The summed E-state index contributed by atoms with van der Waals surface area (Å²) in [5, 5.41) is 2.79. The second-order valence-corrected chi connectivity index (χ2v) is 5.75. The van der Waals surface area contributed by atoms with E-state index in [9.17, 15) is 9.59 Å². The molecule has 1 aliphatic rings. The first-order chi connectivity index (χ1) is 9.02. The van der Waals surface area contributed by atoms with Crippen molar-refractivity contribution in [1.29, 1.82) is 0 Å². The molecule has 2 unspecified atom stereocenters. The first-order valence-corrected chi connectivity index (χ1v) is 7.18. The van der Waals surface area contributed by atoms with E-state index in [0.29, 0.717) is 0 Å². The number of amides is 2. The monoisotopic (exact) mass is 324 g/mol. The highest BCUT2D eigenvalue weighted by molar-refractivity contribution is 9.10. The number of carbonyl (C=O) groups excluding carboxylic acids is 2. The summed E-state index contributed by atoms with van der Waals surface area (Å²) < 4.78 is 0.892. The van der Waals surface area contributed by atoms with Crippen LogP contribution >= 0.6 is 15.9 Å². The van der Waals surface area contributed by atoms with Crippen LogP contribution in [0.15, 0.2) is 28.7 Å². The number of nitrogens with zero attached hydrogens (tertiary/aromatic N) is 1. The molecular weight excluding hydrogens is 308 g/mol. The van der Waals surface area contributed by atoms with Gasteiger partial charge in [0.05, 0.1) is 0 Å². The van der Waals surface area contributed by atoms with Crippen LogP contribution in [0.5, 0.6) is 0 Å². The third-order valence-corrected chi connectivity index (χ3v) is 3.98. The van der Waals surface area contributed by atoms with Crippen LogP contribution in [0, 0.1) is 5.92 Å². The van der Waals surface area contributed by atoms with Crippen LogP contribution in [-0.2, 0) is 9.59 Å². The van der Waals surface area contributed by atoms with Gasteiger partial charge in [0.2, 0.25) is 11.8 Å². The van der Waals surface area contributed by atoms with Crippen molar-refractivity contribution in [2.75, 3.05) is 11.4 Å². The summed E-state index contributed by atoms with van der Waals surface area (Å²) >= 11 is 3.38.